The first-order chi connectivity index (χ1) is 9.22. The van der Waals surface area contributed by atoms with E-state index in [1.807, 2.05) is 0 Å². The Bertz CT molecular complexity index is 267. The summed E-state index contributed by atoms with van der Waals surface area (Å²) >= 11 is 0. The van der Waals surface area contributed by atoms with Gasteiger partial charge in [0.05, 0.1) is 24.9 Å². The quantitative estimate of drug-likeness (QED) is 0.712. The number of nitrogens with one attached hydrogen (secondary N) is 1. The van der Waals surface area contributed by atoms with Gasteiger partial charge in [0.25, 0.3) is 0 Å². The van der Waals surface area contributed by atoms with Crippen LogP contribution in [0.3, 0.4) is 0 Å². The molecule has 0 saturated heterocycles. The lowest BCUT2D eigenvalue weighted by atomic mass is 9.87. The standard InChI is InChI=1S/C16H31NO2/c1-3-10-17-16(11-18,14-8-9-14)12-19-15-7-5-4-6-13(15)2/h13-15,17-18H,3-12H2,1-2H3. The summed E-state index contributed by atoms with van der Waals surface area (Å²) in [5, 5.41) is 13.4. The minimum Gasteiger partial charge on any atom is -0.394 e. The SMILES string of the molecule is CCCNC(CO)(COC1CCCCC1C)C1CC1. The van der Waals surface area contributed by atoms with Gasteiger partial charge in [-0.1, -0.05) is 26.7 Å². The Labute approximate surface area is 118 Å². The summed E-state index contributed by atoms with van der Waals surface area (Å²) in [5.41, 5.74) is -0.173. The lowest BCUT2D eigenvalue weighted by molar-refractivity contribution is -0.0522. The third-order valence-electron chi connectivity index (χ3n) is 4.96. The van der Waals surface area contributed by atoms with Crippen LogP contribution in [0.25, 0.3) is 0 Å². The van der Waals surface area contributed by atoms with Gasteiger partial charge < -0.3 is 15.2 Å². The molecule has 3 nitrogen and oxygen atoms in total. The zero-order valence-corrected chi connectivity index (χ0v) is 12.7. The highest BCUT2D eigenvalue weighted by Gasteiger charge is 2.45. The Morgan fingerprint density at radius 2 is 1.95 bits per heavy atom. The van der Waals surface area contributed by atoms with E-state index in [9.17, 15) is 5.11 Å². The number of aliphatic hydroxyl groups is 1. The van der Waals surface area contributed by atoms with E-state index >= 15 is 0 Å². The lowest BCUT2D eigenvalue weighted by Crippen LogP contribution is -2.55. The topological polar surface area (TPSA) is 41.5 Å². The van der Waals surface area contributed by atoms with Crippen molar-refractivity contribution in [3.05, 3.63) is 0 Å². The molecule has 3 atom stereocenters. The molecule has 2 N–H and O–H groups in total. The van der Waals surface area contributed by atoms with Gasteiger partial charge in [0, 0.05) is 0 Å². The Hall–Kier alpha value is -0.120. The zero-order chi connectivity index (χ0) is 13.7. The Morgan fingerprint density at radius 3 is 2.53 bits per heavy atom. The smallest absolute Gasteiger partial charge is 0.0679 e. The van der Waals surface area contributed by atoms with Crippen LogP contribution in [0, 0.1) is 11.8 Å². The molecule has 0 aromatic carbocycles. The molecule has 0 radical (unpaired) electrons. The first-order valence-electron chi connectivity index (χ1n) is 8.19. The number of aliphatic hydroxyl groups excluding tert-OH is 1. The van der Waals surface area contributed by atoms with Gasteiger partial charge in [0.2, 0.25) is 0 Å². The molecule has 3 unspecified atom stereocenters. The maximum atomic E-state index is 9.87. The number of ether oxygens (including phenoxy) is 1. The molecule has 0 heterocycles. The van der Waals surface area contributed by atoms with Crippen molar-refractivity contribution in [2.24, 2.45) is 11.8 Å². The highest BCUT2D eigenvalue weighted by molar-refractivity contribution is 5.01. The second-order valence-electron chi connectivity index (χ2n) is 6.63. The van der Waals surface area contributed by atoms with E-state index in [1.165, 1.54) is 38.5 Å². The van der Waals surface area contributed by atoms with E-state index in [0.717, 1.165) is 13.0 Å². The van der Waals surface area contributed by atoms with E-state index in [1.54, 1.807) is 0 Å². The summed E-state index contributed by atoms with van der Waals surface area (Å²) in [6.07, 6.45) is 9.12. The van der Waals surface area contributed by atoms with Crippen molar-refractivity contribution in [2.45, 2.75) is 70.4 Å². The third kappa shape index (κ3) is 3.93. The van der Waals surface area contributed by atoms with Crippen LogP contribution >= 0.6 is 0 Å². The van der Waals surface area contributed by atoms with Crippen LogP contribution < -0.4 is 5.32 Å². The van der Waals surface area contributed by atoms with Gasteiger partial charge in [-0.2, -0.15) is 0 Å². The monoisotopic (exact) mass is 269 g/mol. The van der Waals surface area contributed by atoms with Crippen molar-refractivity contribution in [1.82, 2.24) is 5.32 Å². The molecule has 2 aliphatic carbocycles. The van der Waals surface area contributed by atoms with Gasteiger partial charge in [-0.15, -0.1) is 0 Å². The van der Waals surface area contributed by atoms with Crippen LogP contribution in [0.2, 0.25) is 0 Å². The first kappa shape index (κ1) is 15.3. The molecule has 0 spiro atoms. The molecule has 2 rings (SSSR count). The Morgan fingerprint density at radius 1 is 1.21 bits per heavy atom. The molecule has 2 fully saturated rings. The van der Waals surface area contributed by atoms with E-state index in [-0.39, 0.29) is 12.1 Å². The molecule has 3 heteroatoms. The molecule has 2 aliphatic rings. The molecule has 0 aromatic rings. The molecular weight excluding hydrogens is 238 g/mol. The summed E-state index contributed by atoms with van der Waals surface area (Å²) < 4.78 is 6.23. The molecule has 2 saturated carbocycles. The van der Waals surface area contributed by atoms with Gasteiger partial charge in [0.15, 0.2) is 0 Å². The largest absolute Gasteiger partial charge is 0.394 e. The van der Waals surface area contributed by atoms with E-state index in [4.69, 9.17) is 4.74 Å². The number of hydrogen-bond donors (Lipinski definition) is 2. The highest BCUT2D eigenvalue weighted by Crippen LogP contribution is 2.40. The molecular formula is C16H31NO2. The van der Waals surface area contributed by atoms with Crippen LogP contribution in [0.1, 0.15) is 58.8 Å². The van der Waals surface area contributed by atoms with Gasteiger partial charge in [0.1, 0.15) is 0 Å². The number of hydrogen-bond acceptors (Lipinski definition) is 3. The van der Waals surface area contributed by atoms with Crippen molar-refractivity contribution < 1.29 is 9.84 Å². The molecule has 19 heavy (non-hydrogen) atoms. The van der Waals surface area contributed by atoms with Crippen molar-refractivity contribution in [3.8, 4) is 0 Å². The van der Waals surface area contributed by atoms with Gasteiger partial charge >= 0.3 is 0 Å². The van der Waals surface area contributed by atoms with Crippen molar-refractivity contribution in [3.63, 3.8) is 0 Å². The summed E-state index contributed by atoms with van der Waals surface area (Å²) in [4.78, 5) is 0. The molecule has 0 bridgehead atoms. The maximum Gasteiger partial charge on any atom is 0.0679 e. The molecule has 0 aliphatic heterocycles. The first-order valence-corrected chi connectivity index (χ1v) is 8.19. The second kappa shape index (κ2) is 7.05. The molecule has 112 valence electrons. The summed E-state index contributed by atoms with van der Waals surface area (Å²) in [5.74, 6) is 1.29. The minimum absolute atomic E-state index is 0.173. The fraction of sp³-hybridized carbons (Fsp3) is 1.00. The average molecular weight is 269 g/mol. The predicted molar refractivity (Wildman–Crippen MR) is 78.2 cm³/mol. The number of rotatable bonds is 8. The molecule has 0 amide bonds. The third-order valence-corrected chi connectivity index (χ3v) is 4.96. The predicted octanol–water partition coefficient (Wildman–Crippen LogP) is 2.72. The fourth-order valence-corrected chi connectivity index (χ4v) is 3.34. The van der Waals surface area contributed by atoms with E-state index in [2.05, 4.69) is 19.2 Å². The van der Waals surface area contributed by atoms with Crippen LogP contribution in [0.5, 0.6) is 0 Å². The van der Waals surface area contributed by atoms with Gasteiger partial charge in [-0.3, -0.25) is 0 Å². The van der Waals surface area contributed by atoms with Crippen LogP contribution in [-0.4, -0.2) is 36.5 Å². The summed E-state index contributed by atoms with van der Waals surface area (Å²) in [7, 11) is 0. The van der Waals surface area contributed by atoms with Gasteiger partial charge in [-0.25, -0.2) is 0 Å². The summed E-state index contributed by atoms with van der Waals surface area (Å²) in [6, 6.07) is 0. The zero-order valence-electron chi connectivity index (χ0n) is 12.7. The van der Waals surface area contributed by atoms with Crippen molar-refractivity contribution >= 4 is 0 Å². The molecule has 0 aromatic heterocycles. The van der Waals surface area contributed by atoms with Crippen molar-refractivity contribution in [2.75, 3.05) is 19.8 Å². The summed E-state index contributed by atoms with van der Waals surface area (Å²) in [6.45, 7) is 6.34. The van der Waals surface area contributed by atoms with Crippen LogP contribution in [-0.2, 0) is 4.74 Å². The Kier molecular flexibility index (Phi) is 5.67. The van der Waals surface area contributed by atoms with E-state index < -0.39 is 0 Å². The average Bonchev–Trinajstić information content (AvgIpc) is 3.26. The van der Waals surface area contributed by atoms with Crippen LogP contribution in [0.15, 0.2) is 0 Å². The normalized spacial score (nSPS) is 31.1. The van der Waals surface area contributed by atoms with Crippen LogP contribution in [0.4, 0.5) is 0 Å². The fourth-order valence-electron chi connectivity index (χ4n) is 3.34. The highest BCUT2D eigenvalue weighted by atomic mass is 16.5. The Balaban J connectivity index is 1.88. The lowest BCUT2D eigenvalue weighted by Gasteiger charge is -2.37. The maximum absolute atomic E-state index is 9.87. The van der Waals surface area contributed by atoms with E-state index in [0.29, 0.717) is 24.5 Å². The van der Waals surface area contributed by atoms with Gasteiger partial charge in [-0.05, 0) is 50.5 Å². The van der Waals surface area contributed by atoms with Crippen molar-refractivity contribution in [1.29, 1.82) is 0 Å². The minimum atomic E-state index is -0.173. The second-order valence-corrected chi connectivity index (χ2v) is 6.63.